The quantitative estimate of drug-likeness (QED) is 0.267. The number of hydrogen-bond acceptors (Lipinski definition) is 3. The second-order valence-corrected chi connectivity index (χ2v) is 5.01. The molecule has 1 aromatic carbocycles. The SMILES string of the molecule is C#Cc1ccc(OCCCCCCCCOC(=O)C=C)cc1. The lowest BCUT2D eigenvalue weighted by Gasteiger charge is -2.06. The van der Waals surface area contributed by atoms with Gasteiger partial charge in [0.05, 0.1) is 13.2 Å². The summed E-state index contributed by atoms with van der Waals surface area (Å²) in [6.07, 6.45) is 13.0. The third-order valence-corrected chi connectivity index (χ3v) is 3.24. The molecule has 0 atom stereocenters. The van der Waals surface area contributed by atoms with Crippen molar-refractivity contribution in [2.75, 3.05) is 13.2 Å². The van der Waals surface area contributed by atoms with E-state index in [-0.39, 0.29) is 5.97 Å². The van der Waals surface area contributed by atoms with Gasteiger partial charge in [-0.25, -0.2) is 4.79 Å². The van der Waals surface area contributed by atoms with Crippen LogP contribution in [-0.2, 0) is 9.53 Å². The molecule has 0 saturated heterocycles. The van der Waals surface area contributed by atoms with Crippen LogP contribution in [0.25, 0.3) is 0 Å². The molecule has 0 spiro atoms. The van der Waals surface area contributed by atoms with Crippen molar-refractivity contribution in [1.29, 1.82) is 0 Å². The molecule has 118 valence electrons. The minimum absolute atomic E-state index is 0.340. The molecule has 0 unspecified atom stereocenters. The van der Waals surface area contributed by atoms with E-state index in [0.717, 1.165) is 50.0 Å². The van der Waals surface area contributed by atoms with Gasteiger partial charge in [0.15, 0.2) is 0 Å². The number of unbranched alkanes of at least 4 members (excludes halogenated alkanes) is 5. The van der Waals surface area contributed by atoms with Crippen molar-refractivity contribution in [2.45, 2.75) is 38.5 Å². The van der Waals surface area contributed by atoms with E-state index in [4.69, 9.17) is 15.9 Å². The Kier molecular flexibility index (Phi) is 9.28. The first kappa shape index (κ1) is 17.8. The lowest BCUT2D eigenvalue weighted by molar-refractivity contribution is -0.137. The number of hydrogen-bond donors (Lipinski definition) is 0. The Balaban J connectivity index is 1.92. The maximum Gasteiger partial charge on any atom is 0.330 e. The lowest BCUT2D eigenvalue weighted by atomic mass is 10.1. The fourth-order valence-electron chi connectivity index (χ4n) is 1.98. The molecule has 1 rings (SSSR count). The zero-order valence-electron chi connectivity index (χ0n) is 13.1. The molecular formula is C19H24O3. The zero-order chi connectivity index (χ0) is 16.0. The van der Waals surface area contributed by atoms with Crippen LogP contribution in [0.1, 0.15) is 44.1 Å². The van der Waals surface area contributed by atoms with Gasteiger partial charge in [-0.15, -0.1) is 6.42 Å². The Bertz CT molecular complexity index is 482. The van der Waals surface area contributed by atoms with Gasteiger partial charge in [-0.1, -0.05) is 38.2 Å². The van der Waals surface area contributed by atoms with E-state index < -0.39 is 0 Å². The average Bonchev–Trinajstić information content (AvgIpc) is 2.56. The van der Waals surface area contributed by atoms with E-state index in [0.29, 0.717) is 6.61 Å². The van der Waals surface area contributed by atoms with E-state index >= 15 is 0 Å². The number of carbonyl (C=O) groups is 1. The van der Waals surface area contributed by atoms with Gasteiger partial charge in [-0.2, -0.15) is 0 Å². The van der Waals surface area contributed by atoms with Crippen LogP contribution in [0.5, 0.6) is 5.75 Å². The second-order valence-electron chi connectivity index (χ2n) is 5.01. The van der Waals surface area contributed by atoms with Gasteiger partial charge in [0.25, 0.3) is 0 Å². The molecule has 0 heterocycles. The molecule has 0 bridgehead atoms. The number of terminal acetylenes is 1. The summed E-state index contributed by atoms with van der Waals surface area (Å²) in [5.41, 5.74) is 0.867. The minimum atomic E-state index is -0.340. The van der Waals surface area contributed by atoms with Crippen LogP contribution >= 0.6 is 0 Å². The fourth-order valence-corrected chi connectivity index (χ4v) is 1.98. The van der Waals surface area contributed by atoms with Gasteiger partial charge >= 0.3 is 5.97 Å². The molecule has 0 fully saturated rings. The summed E-state index contributed by atoms with van der Waals surface area (Å²) in [5.74, 6) is 3.10. The van der Waals surface area contributed by atoms with Crippen molar-refractivity contribution in [3.05, 3.63) is 42.5 Å². The highest BCUT2D eigenvalue weighted by Gasteiger charge is 1.97. The fraction of sp³-hybridized carbons (Fsp3) is 0.421. The summed E-state index contributed by atoms with van der Waals surface area (Å²) in [6.45, 7) is 4.57. The van der Waals surface area contributed by atoms with Crippen LogP contribution in [0.4, 0.5) is 0 Å². The predicted molar refractivity (Wildman–Crippen MR) is 88.7 cm³/mol. The van der Waals surface area contributed by atoms with Crippen LogP contribution < -0.4 is 4.74 Å². The Morgan fingerprint density at radius 3 is 2.23 bits per heavy atom. The molecule has 0 aliphatic rings. The summed E-state index contributed by atoms with van der Waals surface area (Å²) < 4.78 is 10.6. The first-order chi connectivity index (χ1) is 10.8. The third-order valence-electron chi connectivity index (χ3n) is 3.24. The smallest absolute Gasteiger partial charge is 0.330 e. The normalized spacial score (nSPS) is 9.77. The molecule has 0 aliphatic heterocycles. The minimum Gasteiger partial charge on any atom is -0.494 e. The summed E-state index contributed by atoms with van der Waals surface area (Å²) in [7, 11) is 0. The van der Waals surface area contributed by atoms with Crippen molar-refractivity contribution in [2.24, 2.45) is 0 Å². The zero-order valence-corrected chi connectivity index (χ0v) is 13.1. The maximum atomic E-state index is 10.8. The molecule has 3 nitrogen and oxygen atoms in total. The second kappa shape index (κ2) is 11.4. The van der Waals surface area contributed by atoms with Gasteiger partial charge in [-0.05, 0) is 37.1 Å². The maximum absolute atomic E-state index is 10.8. The molecule has 0 aliphatic carbocycles. The molecule has 0 saturated carbocycles. The topological polar surface area (TPSA) is 35.5 Å². The van der Waals surface area contributed by atoms with Crippen molar-refractivity contribution in [3.63, 3.8) is 0 Å². The summed E-state index contributed by atoms with van der Waals surface area (Å²) in [4.78, 5) is 10.8. The standard InChI is InChI=1S/C19H24O3/c1-3-17-11-13-18(14-12-17)21-15-9-7-5-6-8-10-16-22-19(20)4-2/h1,4,11-14H,2,5-10,15-16H2. The predicted octanol–water partition coefficient (Wildman–Crippen LogP) is 4.12. The number of carbonyl (C=O) groups excluding carboxylic acids is 1. The Labute approximate surface area is 133 Å². The van der Waals surface area contributed by atoms with Gasteiger partial charge in [0.2, 0.25) is 0 Å². The molecule has 1 aromatic rings. The van der Waals surface area contributed by atoms with E-state index in [2.05, 4.69) is 12.5 Å². The van der Waals surface area contributed by atoms with Gasteiger partial charge < -0.3 is 9.47 Å². The summed E-state index contributed by atoms with van der Waals surface area (Å²) >= 11 is 0. The van der Waals surface area contributed by atoms with E-state index in [1.165, 1.54) is 12.5 Å². The monoisotopic (exact) mass is 300 g/mol. The average molecular weight is 300 g/mol. The highest BCUT2D eigenvalue weighted by molar-refractivity contribution is 5.81. The van der Waals surface area contributed by atoms with E-state index in [1.54, 1.807) is 0 Å². The molecule has 0 aromatic heterocycles. The number of rotatable bonds is 11. The van der Waals surface area contributed by atoms with Crippen LogP contribution in [0.2, 0.25) is 0 Å². The van der Waals surface area contributed by atoms with Crippen molar-refractivity contribution in [1.82, 2.24) is 0 Å². The van der Waals surface area contributed by atoms with Gasteiger partial charge in [-0.3, -0.25) is 0 Å². The third kappa shape index (κ3) is 8.16. The first-order valence-electron chi connectivity index (χ1n) is 7.75. The number of ether oxygens (including phenoxy) is 2. The van der Waals surface area contributed by atoms with Crippen LogP contribution in [0.15, 0.2) is 36.9 Å². The van der Waals surface area contributed by atoms with Gasteiger partial charge in [0.1, 0.15) is 5.75 Å². The Morgan fingerprint density at radius 1 is 1.05 bits per heavy atom. The molecule has 0 radical (unpaired) electrons. The van der Waals surface area contributed by atoms with Crippen LogP contribution in [0, 0.1) is 12.3 Å². The molecular weight excluding hydrogens is 276 g/mol. The largest absolute Gasteiger partial charge is 0.494 e. The van der Waals surface area contributed by atoms with Gasteiger partial charge in [0, 0.05) is 11.6 Å². The van der Waals surface area contributed by atoms with Crippen LogP contribution in [0.3, 0.4) is 0 Å². The van der Waals surface area contributed by atoms with E-state index in [1.807, 2.05) is 24.3 Å². The van der Waals surface area contributed by atoms with E-state index in [9.17, 15) is 4.79 Å². The number of esters is 1. The highest BCUT2D eigenvalue weighted by atomic mass is 16.5. The van der Waals surface area contributed by atoms with Crippen LogP contribution in [-0.4, -0.2) is 19.2 Å². The molecule has 0 N–H and O–H groups in total. The summed E-state index contributed by atoms with van der Waals surface area (Å²) in [5, 5.41) is 0. The lowest BCUT2D eigenvalue weighted by Crippen LogP contribution is -2.01. The van der Waals surface area contributed by atoms with Crippen molar-refractivity contribution in [3.8, 4) is 18.1 Å². The van der Waals surface area contributed by atoms with Crippen molar-refractivity contribution < 1.29 is 14.3 Å². The number of benzene rings is 1. The Morgan fingerprint density at radius 2 is 1.64 bits per heavy atom. The molecule has 22 heavy (non-hydrogen) atoms. The molecule has 0 amide bonds. The summed E-state index contributed by atoms with van der Waals surface area (Å²) in [6, 6.07) is 7.57. The highest BCUT2D eigenvalue weighted by Crippen LogP contribution is 2.12. The Hall–Kier alpha value is -2.21. The first-order valence-corrected chi connectivity index (χ1v) is 7.75. The molecule has 3 heteroatoms. The van der Waals surface area contributed by atoms with Crippen molar-refractivity contribution >= 4 is 5.97 Å².